The Labute approximate surface area is 111 Å². The number of hydrogen-bond acceptors (Lipinski definition) is 6. The number of hydrogen-bond donors (Lipinski definition) is 5. The molecule has 0 bridgehead atoms. The van der Waals surface area contributed by atoms with E-state index >= 15 is 0 Å². The lowest BCUT2D eigenvalue weighted by Crippen LogP contribution is -2.46. The molecule has 4 atom stereocenters. The Kier molecular flexibility index (Phi) is 6.61. The topological polar surface area (TPSA) is 114 Å². The maximum Gasteiger partial charge on any atom is 0.117 e. The summed E-state index contributed by atoms with van der Waals surface area (Å²) in [4.78, 5) is 3.94. The molecule has 106 valence electrons. The van der Waals surface area contributed by atoms with Gasteiger partial charge in [0, 0.05) is 6.21 Å². The highest BCUT2D eigenvalue weighted by Gasteiger charge is 2.28. The van der Waals surface area contributed by atoms with Gasteiger partial charge >= 0.3 is 0 Å². The van der Waals surface area contributed by atoms with Crippen LogP contribution in [0.1, 0.15) is 5.56 Å². The Morgan fingerprint density at radius 3 is 2.21 bits per heavy atom. The SMILES string of the molecule is OCC(O)C(O)C(O)C(O)C=NCc1ccccc1. The molecule has 0 aliphatic rings. The van der Waals surface area contributed by atoms with Crippen molar-refractivity contribution in [3.05, 3.63) is 35.9 Å². The molecule has 0 heterocycles. The van der Waals surface area contributed by atoms with E-state index in [1.54, 1.807) is 0 Å². The molecule has 0 spiro atoms. The van der Waals surface area contributed by atoms with Crippen molar-refractivity contribution in [1.29, 1.82) is 0 Å². The van der Waals surface area contributed by atoms with Crippen molar-refractivity contribution in [3.8, 4) is 0 Å². The minimum absolute atomic E-state index is 0.337. The molecule has 0 saturated heterocycles. The van der Waals surface area contributed by atoms with E-state index in [1.807, 2.05) is 30.3 Å². The van der Waals surface area contributed by atoms with Crippen molar-refractivity contribution in [1.82, 2.24) is 0 Å². The molecule has 6 heteroatoms. The summed E-state index contributed by atoms with van der Waals surface area (Å²) in [6, 6.07) is 9.32. The fourth-order valence-corrected chi connectivity index (χ4v) is 1.48. The number of nitrogens with zero attached hydrogens (tertiary/aromatic N) is 1. The second-order valence-corrected chi connectivity index (χ2v) is 4.20. The predicted molar refractivity (Wildman–Crippen MR) is 69.8 cm³/mol. The highest BCUT2D eigenvalue weighted by molar-refractivity contribution is 5.63. The molecule has 1 aromatic rings. The average molecular weight is 269 g/mol. The van der Waals surface area contributed by atoms with Crippen LogP contribution in [-0.4, -0.2) is 62.8 Å². The summed E-state index contributed by atoms with van der Waals surface area (Å²) in [5.74, 6) is 0. The molecule has 4 unspecified atom stereocenters. The van der Waals surface area contributed by atoms with E-state index in [9.17, 15) is 15.3 Å². The molecule has 0 saturated carbocycles. The molecular formula is C13H19NO5. The Hall–Kier alpha value is -1.31. The van der Waals surface area contributed by atoms with E-state index in [4.69, 9.17) is 10.2 Å². The van der Waals surface area contributed by atoms with Crippen molar-refractivity contribution in [2.75, 3.05) is 6.61 Å². The number of rotatable bonds is 7. The van der Waals surface area contributed by atoms with Crippen LogP contribution in [0.25, 0.3) is 0 Å². The smallest absolute Gasteiger partial charge is 0.117 e. The summed E-state index contributed by atoms with van der Waals surface area (Å²) < 4.78 is 0. The van der Waals surface area contributed by atoms with Gasteiger partial charge in [-0.1, -0.05) is 30.3 Å². The van der Waals surface area contributed by atoms with E-state index in [-0.39, 0.29) is 0 Å². The van der Waals surface area contributed by atoms with Crippen molar-refractivity contribution in [2.24, 2.45) is 4.99 Å². The summed E-state index contributed by atoms with van der Waals surface area (Å²) in [6.45, 7) is -0.366. The highest BCUT2D eigenvalue weighted by Crippen LogP contribution is 2.05. The molecule has 0 aromatic heterocycles. The summed E-state index contributed by atoms with van der Waals surface area (Å²) in [5, 5.41) is 46.2. The van der Waals surface area contributed by atoms with Crippen molar-refractivity contribution < 1.29 is 25.5 Å². The van der Waals surface area contributed by atoms with Gasteiger partial charge in [-0.05, 0) is 5.56 Å². The Morgan fingerprint density at radius 1 is 1.00 bits per heavy atom. The fraction of sp³-hybridized carbons (Fsp3) is 0.462. The maximum absolute atomic E-state index is 9.56. The first-order valence-electron chi connectivity index (χ1n) is 5.93. The molecule has 0 amide bonds. The molecule has 1 rings (SSSR count). The van der Waals surface area contributed by atoms with Crippen LogP contribution in [0, 0.1) is 0 Å². The van der Waals surface area contributed by atoms with Gasteiger partial charge in [0.25, 0.3) is 0 Å². The van der Waals surface area contributed by atoms with Crippen LogP contribution in [0.15, 0.2) is 35.3 Å². The molecule has 1 aromatic carbocycles. The van der Waals surface area contributed by atoms with Gasteiger partial charge in [0.15, 0.2) is 0 Å². The molecule has 6 nitrogen and oxygen atoms in total. The van der Waals surface area contributed by atoms with Crippen LogP contribution in [0.4, 0.5) is 0 Å². The molecule has 0 aliphatic carbocycles. The monoisotopic (exact) mass is 269 g/mol. The maximum atomic E-state index is 9.56. The number of aliphatic imine (C=N–C) groups is 1. The molecule has 0 radical (unpaired) electrons. The van der Waals surface area contributed by atoms with Gasteiger partial charge in [0.2, 0.25) is 0 Å². The first-order valence-corrected chi connectivity index (χ1v) is 5.93. The zero-order valence-electron chi connectivity index (χ0n) is 10.4. The van der Waals surface area contributed by atoms with Gasteiger partial charge < -0.3 is 25.5 Å². The van der Waals surface area contributed by atoms with E-state index in [2.05, 4.69) is 4.99 Å². The Balaban J connectivity index is 2.47. The molecule has 0 aliphatic heterocycles. The first-order chi connectivity index (χ1) is 9.06. The summed E-state index contributed by atoms with van der Waals surface area (Å²) in [5.41, 5.74) is 0.941. The minimum Gasteiger partial charge on any atom is -0.394 e. The van der Waals surface area contributed by atoms with Gasteiger partial charge in [-0.15, -0.1) is 0 Å². The highest BCUT2D eigenvalue weighted by atomic mass is 16.4. The average Bonchev–Trinajstić information content (AvgIpc) is 2.45. The molecule has 5 N–H and O–H groups in total. The quantitative estimate of drug-likeness (QED) is 0.395. The van der Waals surface area contributed by atoms with Gasteiger partial charge in [0.1, 0.15) is 24.4 Å². The van der Waals surface area contributed by atoms with Crippen LogP contribution in [0.2, 0.25) is 0 Å². The summed E-state index contributed by atoms with van der Waals surface area (Å²) >= 11 is 0. The third-order valence-electron chi connectivity index (χ3n) is 2.66. The second-order valence-electron chi connectivity index (χ2n) is 4.20. The van der Waals surface area contributed by atoms with Crippen LogP contribution in [0.3, 0.4) is 0 Å². The third kappa shape index (κ3) is 5.06. The fourth-order valence-electron chi connectivity index (χ4n) is 1.48. The lowest BCUT2D eigenvalue weighted by molar-refractivity contribution is -0.0999. The Bertz CT molecular complexity index is 384. The van der Waals surface area contributed by atoms with Crippen LogP contribution in [0.5, 0.6) is 0 Å². The van der Waals surface area contributed by atoms with Crippen LogP contribution < -0.4 is 0 Å². The normalized spacial score (nSPS) is 18.2. The van der Waals surface area contributed by atoms with Crippen molar-refractivity contribution in [2.45, 2.75) is 31.0 Å². The van der Waals surface area contributed by atoms with E-state index < -0.39 is 31.0 Å². The lowest BCUT2D eigenvalue weighted by Gasteiger charge is -2.23. The standard InChI is InChI=1S/C13H19NO5/c15-8-11(17)13(19)12(18)10(16)7-14-6-9-4-2-1-3-5-9/h1-5,7,10-13,15-19H,6,8H2. The third-order valence-corrected chi connectivity index (χ3v) is 2.66. The van der Waals surface area contributed by atoms with Gasteiger partial charge in [0.05, 0.1) is 13.2 Å². The number of aliphatic hydroxyl groups is 5. The zero-order chi connectivity index (χ0) is 14.3. The molecule has 0 fully saturated rings. The first kappa shape index (κ1) is 15.7. The molecular weight excluding hydrogens is 250 g/mol. The zero-order valence-corrected chi connectivity index (χ0v) is 10.4. The largest absolute Gasteiger partial charge is 0.394 e. The van der Waals surface area contributed by atoms with Crippen LogP contribution >= 0.6 is 0 Å². The van der Waals surface area contributed by atoms with Gasteiger partial charge in [-0.3, -0.25) is 4.99 Å². The summed E-state index contributed by atoms with van der Waals surface area (Å²) in [6.07, 6.45) is -5.07. The number of aliphatic hydroxyl groups excluding tert-OH is 5. The Morgan fingerprint density at radius 2 is 1.63 bits per heavy atom. The second kappa shape index (κ2) is 7.98. The van der Waals surface area contributed by atoms with Crippen molar-refractivity contribution in [3.63, 3.8) is 0 Å². The molecule has 19 heavy (non-hydrogen) atoms. The summed E-state index contributed by atoms with van der Waals surface area (Å²) in [7, 11) is 0. The van der Waals surface area contributed by atoms with E-state index in [0.29, 0.717) is 6.54 Å². The van der Waals surface area contributed by atoms with Gasteiger partial charge in [-0.25, -0.2) is 0 Å². The van der Waals surface area contributed by atoms with Crippen molar-refractivity contribution >= 4 is 6.21 Å². The number of benzene rings is 1. The lowest BCUT2D eigenvalue weighted by atomic mass is 10.0. The van der Waals surface area contributed by atoms with Gasteiger partial charge in [-0.2, -0.15) is 0 Å². The van der Waals surface area contributed by atoms with E-state index in [1.165, 1.54) is 0 Å². The van der Waals surface area contributed by atoms with Crippen LogP contribution in [-0.2, 0) is 6.54 Å². The minimum atomic E-state index is -1.64. The predicted octanol–water partition coefficient (Wildman–Crippen LogP) is -1.31. The van der Waals surface area contributed by atoms with E-state index in [0.717, 1.165) is 11.8 Å².